The molecule has 0 radical (unpaired) electrons. The second kappa shape index (κ2) is 6.28. The van der Waals surface area contributed by atoms with Crippen LogP contribution < -0.4 is 5.32 Å². The van der Waals surface area contributed by atoms with Gasteiger partial charge in [-0.2, -0.15) is 0 Å². The van der Waals surface area contributed by atoms with Crippen LogP contribution in [-0.4, -0.2) is 31.1 Å². The molecule has 3 rings (SSSR count). The fourth-order valence-electron chi connectivity index (χ4n) is 3.58. The Morgan fingerprint density at radius 3 is 2.50 bits per heavy atom. The molecule has 1 aromatic rings. The molecule has 2 saturated carbocycles. The lowest BCUT2D eigenvalue weighted by Crippen LogP contribution is -2.39. The van der Waals surface area contributed by atoms with Crippen LogP contribution in [0.25, 0.3) is 0 Å². The molecular formula is C18H28N2. The molecule has 2 aliphatic rings. The third-order valence-electron chi connectivity index (χ3n) is 5.16. The quantitative estimate of drug-likeness (QED) is 0.882. The molecule has 0 heterocycles. The van der Waals surface area contributed by atoms with Gasteiger partial charge in [-0.3, -0.25) is 4.90 Å². The van der Waals surface area contributed by atoms with Gasteiger partial charge in [0.1, 0.15) is 0 Å². The van der Waals surface area contributed by atoms with Crippen molar-refractivity contribution in [3.63, 3.8) is 0 Å². The van der Waals surface area contributed by atoms with E-state index in [2.05, 4.69) is 48.6 Å². The molecule has 2 nitrogen and oxygen atoms in total. The number of nitrogens with zero attached hydrogens (tertiary/aromatic N) is 1. The second-order valence-corrected chi connectivity index (χ2v) is 6.73. The van der Waals surface area contributed by atoms with E-state index in [1.165, 1.54) is 44.1 Å². The highest BCUT2D eigenvalue weighted by atomic mass is 15.1. The highest BCUT2D eigenvalue weighted by molar-refractivity contribution is 5.29. The first-order chi connectivity index (χ1) is 9.76. The van der Waals surface area contributed by atoms with Gasteiger partial charge in [-0.1, -0.05) is 24.3 Å². The Morgan fingerprint density at radius 1 is 1.10 bits per heavy atom. The molecule has 110 valence electrons. The smallest absolute Gasteiger partial charge is 0.0233 e. The Bertz CT molecular complexity index is 431. The van der Waals surface area contributed by atoms with Gasteiger partial charge in [0.15, 0.2) is 0 Å². The lowest BCUT2D eigenvalue weighted by atomic mass is 9.90. The van der Waals surface area contributed by atoms with Crippen molar-refractivity contribution in [2.45, 2.75) is 63.1 Å². The van der Waals surface area contributed by atoms with Crippen molar-refractivity contribution < 1.29 is 0 Å². The van der Waals surface area contributed by atoms with E-state index in [9.17, 15) is 0 Å². The van der Waals surface area contributed by atoms with Gasteiger partial charge in [0.05, 0.1) is 0 Å². The van der Waals surface area contributed by atoms with Gasteiger partial charge in [-0.25, -0.2) is 0 Å². The van der Waals surface area contributed by atoms with Crippen LogP contribution in [0, 0.1) is 0 Å². The summed E-state index contributed by atoms with van der Waals surface area (Å²) in [5, 5.41) is 3.42. The zero-order chi connectivity index (χ0) is 13.9. The fourth-order valence-corrected chi connectivity index (χ4v) is 3.58. The van der Waals surface area contributed by atoms with Crippen LogP contribution in [0.3, 0.4) is 0 Å². The first-order valence-corrected chi connectivity index (χ1v) is 8.22. The molecule has 1 N–H and O–H groups in total. The van der Waals surface area contributed by atoms with Gasteiger partial charge >= 0.3 is 0 Å². The van der Waals surface area contributed by atoms with E-state index in [-0.39, 0.29) is 0 Å². The Balaban J connectivity index is 1.55. The lowest BCUT2D eigenvalue weighted by molar-refractivity contribution is 0.170. The normalized spacial score (nSPS) is 26.9. The predicted octanol–water partition coefficient (Wildman–Crippen LogP) is 3.53. The van der Waals surface area contributed by atoms with Gasteiger partial charge in [-0.05, 0) is 69.7 Å². The SMILES string of the molecule is CNC1CCC(N(C)Cc2cccc(C3CC3)c2)CC1. The van der Waals surface area contributed by atoms with Gasteiger partial charge in [-0.15, -0.1) is 0 Å². The Morgan fingerprint density at radius 2 is 1.85 bits per heavy atom. The van der Waals surface area contributed by atoms with Crippen molar-refractivity contribution in [1.82, 2.24) is 10.2 Å². The molecule has 0 atom stereocenters. The third-order valence-corrected chi connectivity index (χ3v) is 5.16. The van der Waals surface area contributed by atoms with E-state index < -0.39 is 0 Å². The molecule has 0 spiro atoms. The summed E-state index contributed by atoms with van der Waals surface area (Å²) in [5.41, 5.74) is 3.06. The summed E-state index contributed by atoms with van der Waals surface area (Å²) in [5.74, 6) is 0.867. The summed E-state index contributed by atoms with van der Waals surface area (Å²) in [7, 11) is 4.40. The molecular weight excluding hydrogens is 244 g/mol. The van der Waals surface area contributed by atoms with Gasteiger partial charge < -0.3 is 5.32 Å². The number of hydrogen-bond acceptors (Lipinski definition) is 2. The Labute approximate surface area is 123 Å². The van der Waals surface area contributed by atoms with Crippen molar-refractivity contribution in [2.24, 2.45) is 0 Å². The van der Waals surface area contributed by atoms with Gasteiger partial charge in [0.2, 0.25) is 0 Å². The average Bonchev–Trinajstić information content (AvgIpc) is 3.32. The van der Waals surface area contributed by atoms with Crippen LogP contribution in [0.4, 0.5) is 0 Å². The van der Waals surface area contributed by atoms with Crippen LogP contribution in [-0.2, 0) is 6.54 Å². The van der Waals surface area contributed by atoms with Gasteiger partial charge in [0, 0.05) is 18.6 Å². The standard InChI is InChI=1S/C18H28N2/c1-19-17-8-10-18(11-9-17)20(2)13-14-4-3-5-16(12-14)15-6-7-15/h3-5,12,15,17-19H,6-11,13H2,1-2H3. The lowest BCUT2D eigenvalue weighted by Gasteiger charge is -2.34. The minimum absolute atomic E-state index is 0.748. The molecule has 20 heavy (non-hydrogen) atoms. The summed E-state index contributed by atoms with van der Waals surface area (Å²) in [6.45, 7) is 1.11. The molecule has 2 fully saturated rings. The summed E-state index contributed by atoms with van der Waals surface area (Å²) in [4.78, 5) is 2.57. The number of hydrogen-bond donors (Lipinski definition) is 1. The predicted molar refractivity (Wildman–Crippen MR) is 85.0 cm³/mol. The van der Waals surface area contributed by atoms with Crippen molar-refractivity contribution in [3.8, 4) is 0 Å². The van der Waals surface area contributed by atoms with Crippen LogP contribution in [0.15, 0.2) is 24.3 Å². The topological polar surface area (TPSA) is 15.3 Å². The third kappa shape index (κ3) is 3.42. The average molecular weight is 272 g/mol. The molecule has 0 saturated heterocycles. The number of rotatable bonds is 5. The molecule has 0 aliphatic heterocycles. The maximum Gasteiger partial charge on any atom is 0.0233 e. The number of benzene rings is 1. The van der Waals surface area contributed by atoms with Gasteiger partial charge in [0.25, 0.3) is 0 Å². The van der Waals surface area contributed by atoms with E-state index in [4.69, 9.17) is 0 Å². The maximum absolute atomic E-state index is 3.42. The summed E-state index contributed by atoms with van der Waals surface area (Å²) in [6.07, 6.45) is 8.12. The van der Waals surface area contributed by atoms with Crippen molar-refractivity contribution >= 4 is 0 Å². The van der Waals surface area contributed by atoms with Crippen LogP contribution in [0.1, 0.15) is 55.6 Å². The van der Waals surface area contributed by atoms with Crippen LogP contribution in [0.5, 0.6) is 0 Å². The zero-order valence-corrected chi connectivity index (χ0v) is 12.9. The summed E-state index contributed by atoms with van der Waals surface area (Å²) >= 11 is 0. The van der Waals surface area contributed by atoms with Crippen LogP contribution >= 0.6 is 0 Å². The van der Waals surface area contributed by atoms with Crippen LogP contribution in [0.2, 0.25) is 0 Å². The van der Waals surface area contributed by atoms with E-state index in [1.54, 1.807) is 5.56 Å². The van der Waals surface area contributed by atoms with Crippen molar-refractivity contribution in [2.75, 3.05) is 14.1 Å². The van der Waals surface area contributed by atoms with E-state index >= 15 is 0 Å². The molecule has 0 amide bonds. The van der Waals surface area contributed by atoms with E-state index in [0.29, 0.717) is 0 Å². The van der Waals surface area contributed by atoms with E-state index in [1.807, 2.05) is 0 Å². The Kier molecular flexibility index (Phi) is 4.42. The second-order valence-electron chi connectivity index (χ2n) is 6.73. The molecule has 0 bridgehead atoms. The van der Waals surface area contributed by atoms with E-state index in [0.717, 1.165) is 24.5 Å². The maximum atomic E-state index is 3.42. The first kappa shape index (κ1) is 14.1. The van der Waals surface area contributed by atoms with Crippen molar-refractivity contribution in [1.29, 1.82) is 0 Å². The molecule has 0 aromatic heterocycles. The minimum Gasteiger partial charge on any atom is -0.317 e. The highest BCUT2D eigenvalue weighted by Crippen LogP contribution is 2.40. The monoisotopic (exact) mass is 272 g/mol. The minimum atomic E-state index is 0.748. The van der Waals surface area contributed by atoms with Crippen molar-refractivity contribution in [3.05, 3.63) is 35.4 Å². The molecule has 1 aromatic carbocycles. The number of nitrogens with one attached hydrogen (secondary N) is 1. The zero-order valence-electron chi connectivity index (χ0n) is 12.9. The molecule has 2 aliphatic carbocycles. The molecule has 2 heteroatoms. The Hall–Kier alpha value is -0.860. The highest BCUT2D eigenvalue weighted by Gasteiger charge is 2.25. The largest absolute Gasteiger partial charge is 0.317 e. The first-order valence-electron chi connectivity index (χ1n) is 8.22. The fraction of sp³-hybridized carbons (Fsp3) is 0.667. The summed E-state index contributed by atoms with van der Waals surface area (Å²) < 4.78 is 0. The molecule has 0 unspecified atom stereocenters. The summed E-state index contributed by atoms with van der Waals surface area (Å²) in [6, 6.07) is 10.8.